The van der Waals surface area contributed by atoms with Gasteiger partial charge in [-0.25, -0.2) is 4.79 Å². The van der Waals surface area contributed by atoms with Crippen LogP contribution in [0.15, 0.2) is 60.7 Å². The summed E-state index contributed by atoms with van der Waals surface area (Å²) in [5.74, 6) is -0.0398. The van der Waals surface area contributed by atoms with Crippen LogP contribution in [-0.4, -0.2) is 31.1 Å². The lowest BCUT2D eigenvalue weighted by Crippen LogP contribution is -2.37. The summed E-state index contributed by atoms with van der Waals surface area (Å²) in [5, 5.41) is 2.83. The number of carbonyl (C=O) groups excluding carboxylic acids is 2. The van der Waals surface area contributed by atoms with E-state index < -0.39 is 12.1 Å². The molecule has 0 aliphatic heterocycles. The fraction of sp³-hybridized carbons (Fsp3) is 0.304. The van der Waals surface area contributed by atoms with Gasteiger partial charge in [0.25, 0.3) is 5.91 Å². The predicted molar refractivity (Wildman–Crippen MR) is 110 cm³/mol. The van der Waals surface area contributed by atoms with Crippen molar-refractivity contribution >= 4 is 18.0 Å². The molecule has 0 fully saturated rings. The summed E-state index contributed by atoms with van der Waals surface area (Å²) in [4.78, 5) is 24.2. The number of para-hydroxylation sites is 1. The molecule has 2 aromatic rings. The highest BCUT2D eigenvalue weighted by Gasteiger charge is 2.17. The van der Waals surface area contributed by atoms with E-state index in [0.29, 0.717) is 18.9 Å². The maximum atomic E-state index is 12.2. The van der Waals surface area contributed by atoms with Crippen molar-refractivity contribution in [1.82, 2.24) is 5.32 Å². The van der Waals surface area contributed by atoms with Gasteiger partial charge in [0.1, 0.15) is 5.75 Å². The number of hydrogen-bond donors (Lipinski definition) is 1. The highest BCUT2D eigenvalue weighted by molar-refractivity contribution is 5.90. The summed E-state index contributed by atoms with van der Waals surface area (Å²) < 4.78 is 10.7. The van der Waals surface area contributed by atoms with Gasteiger partial charge < -0.3 is 14.8 Å². The molecule has 2 aromatic carbocycles. The van der Waals surface area contributed by atoms with Gasteiger partial charge in [0.05, 0.1) is 6.61 Å². The fourth-order valence-electron chi connectivity index (χ4n) is 2.63. The van der Waals surface area contributed by atoms with Gasteiger partial charge in [-0.2, -0.15) is 0 Å². The summed E-state index contributed by atoms with van der Waals surface area (Å²) in [6.45, 7) is 6.50. The fourth-order valence-corrected chi connectivity index (χ4v) is 2.63. The molecule has 5 nitrogen and oxygen atoms in total. The van der Waals surface area contributed by atoms with Gasteiger partial charge in [-0.15, -0.1) is 0 Å². The first-order valence-electron chi connectivity index (χ1n) is 9.44. The summed E-state index contributed by atoms with van der Waals surface area (Å²) in [5.41, 5.74) is 1.92. The molecule has 0 saturated carbocycles. The molecule has 1 N–H and O–H groups in total. The lowest BCUT2D eigenvalue weighted by atomic mass is 10.0. The van der Waals surface area contributed by atoms with E-state index in [1.165, 1.54) is 6.08 Å². The third-order valence-corrected chi connectivity index (χ3v) is 4.23. The van der Waals surface area contributed by atoms with E-state index in [-0.39, 0.29) is 11.8 Å². The largest absolute Gasteiger partial charge is 0.493 e. The van der Waals surface area contributed by atoms with E-state index in [2.05, 4.69) is 5.32 Å². The third kappa shape index (κ3) is 6.58. The standard InChI is InChI=1S/C23H27NO4/c1-4-27-21-13-9-8-12-20(21)14-15-22(25)28-18(3)23(26)24-16-17(2)19-10-6-5-7-11-19/h5-15,17-18H,4,16H2,1-3H3,(H,24,26)/b15-14+. The van der Waals surface area contributed by atoms with Crippen LogP contribution in [0.3, 0.4) is 0 Å². The molecular formula is C23H27NO4. The number of amides is 1. The van der Waals surface area contributed by atoms with Gasteiger partial charge >= 0.3 is 5.97 Å². The molecule has 0 aliphatic rings. The molecule has 2 unspecified atom stereocenters. The van der Waals surface area contributed by atoms with Crippen molar-refractivity contribution in [3.8, 4) is 5.75 Å². The normalized spacial score (nSPS) is 13.0. The first-order chi connectivity index (χ1) is 13.5. The molecule has 2 atom stereocenters. The van der Waals surface area contributed by atoms with Crippen LogP contribution in [-0.2, 0) is 14.3 Å². The van der Waals surface area contributed by atoms with Crippen LogP contribution >= 0.6 is 0 Å². The SMILES string of the molecule is CCOc1ccccc1/C=C/C(=O)OC(C)C(=O)NCC(C)c1ccccc1. The van der Waals surface area contributed by atoms with Crippen LogP contribution in [0.1, 0.15) is 37.8 Å². The predicted octanol–water partition coefficient (Wildman–Crippen LogP) is 3.95. The van der Waals surface area contributed by atoms with E-state index in [9.17, 15) is 9.59 Å². The second kappa shape index (κ2) is 10.9. The molecule has 1 amide bonds. The van der Waals surface area contributed by atoms with Gasteiger partial charge in [-0.1, -0.05) is 55.5 Å². The molecule has 0 spiro atoms. The molecule has 2 rings (SSSR count). The van der Waals surface area contributed by atoms with E-state index in [1.54, 1.807) is 13.0 Å². The van der Waals surface area contributed by atoms with Gasteiger partial charge in [-0.3, -0.25) is 4.79 Å². The Morgan fingerprint density at radius 3 is 2.43 bits per heavy atom. The molecule has 0 aliphatic carbocycles. The van der Waals surface area contributed by atoms with E-state index in [4.69, 9.17) is 9.47 Å². The molecule has 0 heterocycles. The van der Waals surface area contributed by atoms with Crippen molar-refractivity contribution < 1.29 is 19.1 Å². The number of carbonyl (C=O) groups is 2. The molecule has 148 valence electrons. The number of nitrogens with one attached hydrogen (secondary N) is 1. The summed E-state index contributed by atoms with van der Waals surface area (Å²) in [7, 11) is 0. The summed E-state index contributed by atoms with van der Waals surface area (Å²) in [6, 6.07) is 17.3. The Bertz CT molecular complexity index is 801. The lowest BCUT2D eigenvalue weighted by Gasteiger charge is -2.16. The van der Waals surface area contributed by atoms with Crippen LogP contribution in [0, 0.1) is 0 Å². The maximum Gasteiger partial charge on any atom is 0.331 e. The van der Waals surface area contributed by atoms with Crippen LogP contribution in [0.2, 0.25) is 0 Å². The number of hydrogen-bond acceptors (Lipinski definition) is 4. The molecular weight excluding hydrogens is 354 g/mol. The zero-order chi connectivity index (χ0) is 20.4. The maximum absolute atomic E-state index is 12.2. The monoisotopic (exact) mass is 381 g/mol. The molecule has 0 saturated heterocycles. The minimum Gasteiger partial charge on any atom is -0.493 e. The van der Waals surface area contributed by atoms with Gasteiger partial charge in [-0.05, 0) is 37.5 Å². The van der Waals surface area contributed by atoms with Crippen molar-refractivity contribution in [3.63, 3.8) is 0 Å². The first-order valence-corrected chi connectivity index (χ1v) is 9.44. The Kier molecular flexibility index (Phi) is 8.28. The highest BCUT2D eigenvalue weighted by atomic mass is 16.5. The Labute approximate surface area is 166 Å². The quantitative estimate of drug-likeness (QED) is 0.528. The van der Waals surface area contributed by atoms with Crippen LogP contribution < -0.4 is 10.1 Å². The number of benzene rings is 2. The molecule has 0 aromatic heterocycles. The smallest absolute Gasteiger partial charge is 0.331 e. The highest BCUT2D eigenvalue weighted by Crippen LogP contribution is 2.19. The topological polar surface area (TPSA) is 64.6 Å². The molecule has 0 radical (unpaired) electrons. The van der Waals surface area contributed by atoms with Crippen LogP contribution in [0.25, 0.3) is 6.08 Å². The third-order valence-electron chi connectivity index (χ3n) is 4.23. The number of esters is 1. The van der Waals surface area contributed by atoms with Crippen LogP contribution in [0.5, 0.6) is 5.75 Å². The second-order valence-electron chi connectivity index (χ2n) is 6.44. The van der Waals surface area contributed by atoms with Crippen molar-refractivity contribution in [3.05, 3.63) is 71.8 Å². The van der Waals surface area contributed by atoms with Crippen molar-refractivity contribution in [1.29, 1.82) is 0 Å². The van der Waals surface area contributed by atoms with Crippen molar-refractivity contribution in [2.24, 2.45) is 0 Å². The zero-order valence-corrected chi connectivity index (χ0v) is 16.6. The van der Waals surface area contributed by atoms with Crippen LogP contribution in [0.4, 0.5) is 0 Å². The Hall–Kier alpha value is -3.08. The van der Waals surface area contributed by atoms with Gasteiger partial charge in [0.15, 0.2) is 6.10 Å². The van der Waals surface area contributed by atoms with Gasteiger partial charge in [0, 0.05) is 18.2 Å². The summed E-state index contributed by atoms with van der Waals surface area (Å²) >= 11 is 0. The lowest BCUT2D eigenvalue weighted by molar-refractivity contribution is -0.150. The number of rotatable bonds is 9. The minimum absolute atomic E-state index is 0.169. The van der Waals surface area contributed by atoms with E-state index >= 15 is 0 Å². The van der Waals surface area contributed by atoms with Crippen molar-refractivity contribution in [2.75, 3.05) is 13.2 Å². The zero-order valence-electron chi connectivity index (χ0n) is 16.6. The minimum atomic E-state index is -0.873. The second-order valence-corrected chi connectivity index (χ2v) is 6.44. The average molecular weight is 381 g/mol. The number of ether oxygens (including phenoxy) is 2. The Morgan fingerprint density at radius 2 is 1.71 bits per heavy atom. The summed E-state index contributed by atoms with van der Waals surface area (Å²) in [6.07, 6.45) is 2.05. The Morgan fingerprint density at radius 1 is 1.04 bits per heavy atom. The molecule has 5 heteroatoms. The van der Waals surface area contributed by atoms with E-state index in [1.807, 2.05) is 68.4 Å². The molecule has 0 bridgehead atoms. The average Bonchev–Trinajstić information content (AvgIpc) is 2.72. The first kappa shape index (κ1) is 21.2. The molecule has 28 heavy (non-hydrogen) atoms. The van der Waals surface area contributed by atoms with E-state index in [0.717, 1.165) is 11.1 Å². The van der Waals surface area contributed by atoms with Gasteiger partial charge in [0.2, 0.25) is 0 Å². The Balaban J connectivity index is 1.83. The van der Waals surface area contributed by atoms with Crippen molar-refractivity contribution in [2.45, 2.75) is 32.8 Å².